The lowest BCUT2D eigenvalue weighted by Gasteiger charge is -2.31. The Bertz CT molecular complexity index is 467. The van der Waals surface area contributed by atoms with Gasteiger partial charge in [-0.05, 0) is 37.0 Å². The van der Waals surface area contributed by atoms with E-state index in [1.807, 2.05) is 17.0 Å². The van der Waals surface area contributed by atoms with Crippen LogP contribution in [-0.2, 0) is 16.0 Å². The van der Waals surface area contributed by atoms with Crippen LogP contribution in [0.15, 0.2) is 24.3 Å². The minimum Gasteiger partial charge on any atom is -0.464 e. The van der Waals surface area contributed by atoms with Crippen molar-refractivity contribution in [3.63, 3.8) is 0 Å². The Kier molecular flexibility index (Phi) is 7.48. The summed E-state index contributed by atoms with van der Waals surface area (Å²) in [6.07, 6.45) is 3.55. The van der Waals surface area contributed by atoms with E-state index in [-0.39, 0.29) is 12.3 Å². The molecule has 0 radical (unpaired) electrons. The van der Waals surface area contributed by atoms with Gasteiger partial charge >= 0.3 is 0 Å². The normalized spacial score (nSPS) is 20.2. The van der Waals surface area contributed by atoms with Crippen LogP contribution in [0.25, 0.3) is 0 Å². The second-order valence-corrected chi connectivity index (χ2v) is 5.88. The first kappa shape index (κ1) is 17.9. The van der Waals surface area contributed by atoms with Crippen LogP contribution in [0.3, 0.4) is 0 Å². The zero-order chi connectivity index (χ0) is 16.5. The average Bonchev–Trinajstić information content (AvgIpc) is 2.57. The van der Waals surface area contributed by atoms with E-state index in [1.165, 1.54) is 5.56 Å². The van der Waals surface area contributed by atoms with Crippen LogP contribution < -0.4 is 16.2 Å². The second-order valence-electron chi connectivity index (χ2n) is 5.88. The van der Waals surface area contributed by atoms with Crippen LogP contribution in [0, 0.1) is 0 Å². The number of nitrogens with zero attached hydrogens (tertiary/aromatic N) is 1. The summed E-state index contributed by atoms with van der Waals surface area (Å²) >= 11 is 0. The van der Waals surface area contributed by atoms with Crippen molar-refractivity contribution in [3.05, 3.63) is 29.8 Å². The summed E-state index contributed by atoms with van der Waals surface area (Å²) in [6.45, 7) is 2.92. The number of morpholine rings is 1. The van der Waals surface area contributed by atoms with E-state index in [0.717, 1.165) is 37.8 Å². The first-order chi connectivity index (χ1) is 11.2. The molecule has 1 heterocycles. The van der Waals surface area contributed by atoms with Crippen LogP contribution in [0.5, 0.6) is 5.75 Å². The van der Waals surface area contributed by atoms with Gasteiger partial charge in [0, 0.05) is 19.1 Å². The molecule has 0 aliphatic carbocycles. The number of hydrogen-bond donors (Lipinski definition) is 2. The summed E-state index contributed by atoms with van der Waals surface area (Å²) in [4.78, 5) is 12.6. The molecule has 4 N–H and O–H groups in total. The fourth-order valence-corrected chi connectivity index (χ4v) is 2.58. The summed E-state index contributed by atoms with van der Waals surface area (Å²) in [5, 5.41) is 0. The smallest absolute Gasteiger partial charge is 0.212 e. The Morgan fingerprint density at radius 3 is 2.87 bits per heavy atom. The number of hydrogen-bond acceptors (Lipinski definition) is 6. The van der Waals surface area contributed by atoms with Gasteiger partial charge in [0.2, 0.25) is 6.29 Å². The van der Waals surface area contributed by atoms with Gasteiger partial charge in [0.15, 0.2) is 0 Å². The minimum absolute atomic E-state index is 0.0929. The van der Waals surface area contributed by atoms with Crippen LogP contribution in [0.2, 0.25) is 0 Å². The first-order valence-electron chi connectivity index (χ1n) is 8.20. The van der Waals surface area contributed by atoms with E-state index in [2.05, 4.69) is 12.1 Å². The molecule has 6 heteroatoms. The van der Waals surface area contributed by atoms with Crippen molar-refractivity contribution in [2.75, 3.05) is 32.8 Å². The van der Waals surface area contributed by atoms with Crippen LogP contribution in [0.4, 0.5) is 0 Å². The SMILES string of the molecule is NC[C@H](N)CCCc1ccc(OC2CN(CC=O)CCO2)cc1. The van der Waals surface area contributed by atoms with Gasteiger partial charge in [-0.25, -0.2) is 0 Å². The molecule has 0 bridgehead atoms. The minimum atomic E-state index is -0.322. The molecule has 1 aromatic carbocycles. The average molecular weight is 321 g/mol. The number of rotatable bonds is 9. The molecule has 1 unspecified atom stereocenters. The maximum atomic E-state index is 10.6. The third kappa shape index (κ3) is 6.27. The first-order valence-corrected chi connectivity index (χ1v) is 8.20. The Morgan fingerprint density at radius 2 is 2.17 bits per heavy atom. The Hall–Kier alpha value is -1.47. The lowest BCUT2D eigenvalue weighted by molar-refractivity contribution is -0.134. The number of carbonyl (C=O) groups excluding carboxylic acids is 1. The fraction of sp³-hybridized carbons (Fsp3) is 0.588. The number of nitrogens with two attached hydrogens (primary N) is 2. The van der Waals surface area contributed by atoms with Gasteiger partial charge in [-0.2, -0.15) is 0 Å². The zero-order valence-corrected chi connectivity index (χ0v) is 13.5. The number of aryl methyl sites for hydroxylation is 1. The highest BCUT2D eigenvalue weighted by Gasteiger charge is 2.21. The largest absolute Gasteiger partial charge is 0.464 e. The van der Waals surface area contributed by atoms with E-state index in [0.29, 0.717) is 26.2 Å². The van der Waals surface area contributed by atoms with E-state index >= 15 is 0 Å². The van der Waals surface area contributed by atoms with Crippen LogP contribution in [0.1, 0.15) is 18.4 Å². The van der Waals surface area contributed by atoms with Gasteiger partial charge in [0.1, 0.15) is 12.0 Å². The summed E-state index contributed by atoms with van der Waals surface area (Å²) in [7, 11) is 0. The second kappa shape index (κ2) is 9.62. The lowest BCUT2D eigenvalue weighted by atomic mass is 10.1. The molecular formula is C17H27N3O3. The van der Waals surface area contributed by atoms with Gasteiger partial charge in [0.05, 0.1) is 19.7 Å². The van der Waals surface area contributed by atoms with Gasteiger partial charge in [-0.1, -0.05) is 12.1 Å². The summed E-state index contributed by atoms with van der Waals surface area (Å²) in [6, 6.07) is 8.14. The predicted molar refractivity (Wildman–Crippen MR) is 89.3 cm³/mol. The van der Waals surface area contributed by atoms with Crippen molar-refractivity contribution in [2.24, 2.45) is 11.5 Å². The van der Waals surface area contributed by atoms with Gasteiger partial charge in [0.25, 0.3) is 0 Å². The molecule has 1 fully saturated rings. The molecule has 2 atom stereocenters. The van der Waals surface area contributed by atoms with Crippen molar-refractivity contribution < 1.29 is 14.3 Å². The Balaban J connectivity index is 1.77. The van der Waals surface area contributed by atoms with Crippen LogP contribution >= 0.6 is 0 Å². The molecule has 1 aliphatic rings. The number of aldehydes is 1. The number of benzene rings is 1. The fourth-order valence-electron chi connectivity index (χ4n) is 2.58. The molecule has 6 nitrogen and oxygen atoms in total. The highest BCUT2D eigenvalue weighted by atomic mass is 16.7. The van der Waals surface area contributed by atoms with Crippen LogP contribution in [-0.4, -0.2) is 56.3 Å². The predicted octanol–water partition coefficient (Wildman–Crippen LogP) is 0.531. The maximum Gasteiger partial charge on any atom is 0.212 e. The third-order valence-corrected chi connectivity index (χ3v) is 3.99. The quantitative estimate of drug-likeness (QED) is 0.645. The van der Waals surface area contributed by atoms with E-state index in [1.54, 1.807) is 0 Å². The third-order valence-electron chi connectivity index (χ3n) is 3.99. The lowest BCUT2D eigenvalue weighted by Crippen LogP contribution is -2.45. The molecule has 0 saturated carbocycles. The number of ether oxygens (including phenoxy) is 2. The molecule has 0 amide bonds. The molecule has 23 heavy (non-hydrogen) atoms. The Labute approximate surface area is 137 Å². The molecule has 1 aliphatic heterocycles. The summed E-state index contributed by atoms with van der Waals surface area (Å²) in [5.74, 6) is 0.783. The summed E-state index contributed by atoms with van der Waals surface area (Å²) in [5.41, 5.74) is 12.6. The maximum absolute atomic E-state index is 10.6. The van der Waals surface area contributed by atoms with Gasteiger partial charge in [-0.3, -0.25) is 4.90 Å². The summed E-state index contributed by atoms with van der Waals surface area (Å²) < 4.78 is 11.4. The topological polar surface area (TPSA) is 90.8 Å². The highest BCUT2D eigenvalue weighted by molar-refractivity contribution is 5.51. The van der Waals surface area contributed by atoms with Gasteiger partial charge < -0.3 is 25.7 Å². The number of carbonyl (C=O) groups is 1. The molecule has 0 spiro atoms. The molecule has 1 saturated heterocycles. The monoisotopic (exact) mass is 321 g/mol. The van der Waals surface area contributed by atoms with Crippen molar-refractivity contribution in [2.45, 2.75) is 31.6 Å². The Morgan fingerprint density at radius 1 is 1.39 bits per heavy atom. The highest BCUT2D eigenvalue weighted by Crippen LogP contribution is 2.17. The van der Waals surface area contributed by atoms with Crippen molar-refractivity contribution in [1.29, 1.82) is 0 Å². The van der Waals surface area contributed by atoms with Crippen molar-refractivity contribution in [3.8, 4) is 5.75 Å². The molecule has 128 valence electrons. The van der Waals surface area contributed by atoms with E-state index in [4.69, 9.17) is 20.9 Å². The van der Waals surface area contributed by atoms with Crippen molar-refractivity contribution in [1.82, 2.24) is 4.90 Å². The zero-order valence-electron chi connectivity index (χ0n) is 13.5. The van der Waals surface area contributed by atoms with Crippen molar-refractivity contribution >= 4 is 6.29 Å². The van der Waals surface area contributed by atoms with E-state index < -0.39 is 0 Å². The van der Waals surface area contributed by atoms with E-state index in [9.17, 15) is 4.79 Å². The molecule has 0 aromatic heterocycles. The molecule has 2 rings (SSSR count). The molecule has 1 aromatic rings. The molecular weight excluding hydrogens is 294 g/mol. The standard InChI is InChI=1S/C17H27N3O3/c18-12-15(19)3-1-2-14-4-6-16(7-5-14)23-17-13-20(8-10-21)9-11-22-17/h4-7,10,15,17H,1-3,8-9,11-13,18-19H2/t15-,17?/m1/s1. The van der Waals surface area contributed by atoms with Gasteiger partial charge in [-0.15, -0.1) is 0 Å².